The molecule has 1 heterocycles. The molecule has 0 spiro atoms. The SMILES string of the molecule is CNCCC1CCN(CC(=O)NCC(F)(F)F)CC1.Cl. The second-order valence-electron chi connectivity index (χ2n) is 5.00. The van der Waals surface area contributed by atoms with E-state index in [9.17, 15) is 18.0 Å². The van der Waals surface area contributed by atoms with Crippen LogP contribution in [0.2, 0.25) is 0 Å². The van der Waals surface area contributed by atoms with Gasteiger partial charge in [-0.15, -0.1) is 12.4 Å². The summed E-state index contributed by atoms with van der Waals surface area (Å²) in [7, 11) is 1.92. The van der Waals surface area contributed by atoms with Gasteiger partial charge in [-0.25, -0.2) is 0 Å². The second-order valence-corrected chi connectivity index (χ2v) is 5.00. The minimum atomic E-state index is -4.34. The number of nitrogens with one attached hydrogen (secondary N) is 2. The molecule has 0 unspecified atom stereocenters. The lowest BCUT2D eigenvalue weighted by Crippen LogP contribution is -2.44. The number of piperidine rings is 1. The average Bonchev–Trinajstić information content (AvgIpc) is 2.35. The highest BCUT2D eigenvalue weighted by molar-refractivity contribution is 5.85. The minimum Gasteiger partial charge on any atom is -0.346 e. The predicted molar refractivity (Wildman–Crippen MR) is 74.0 cm³/mol. The lowest BCUT2D eigenvalue weighted by Gasteiger charge is -2.31. The van der Waals surface area contributed by atoms with Gasteiger partial charge in [0.15, 0.2) is 0 Å². The molecule has 8 heteroatoms. The molecule has 0 saturated carbocycles. The number of likely N-dealkylation sites (tertiary alicyclic amines) is 1. The van der Waals surface area contributed by atoms with Gasteiger partial charge in [-0.1, -0.05) is 0 Å². The number of carbonyl (C=O) groups is 1. The van der Waals surface area contributed by atoms with Crippen LogP contribution in [0, 0.1) is 5.92 Å². The number of hydrogen-bond acceptors (Lipinski definition) is 3. The van der Waals surface area contributed by atoms with Crippen LogP contribution in [0.15, 0.2) is 0 Å². The van der Waals surface area contributed by atoms with Gasteiger partial charge in [0.2, 0.25) is 5.91 Å². The van der Waals surface area contributed by atoms with Gasteiger partial charge in [-0.3, -0.25) is 9.69 Å². The predicted octanol–water partition coefficient (Wildman–Crippen LogP) is 1.41. The van der Waals surface area contributed by atoms with E-state index in [0.29, 0.717) is 5.92 Å². The molecule has 1 aliphatic heterocycles. The molecule has 2 N–H and O–H groups in total. The van der Waals surface area contributed by atoms with Crippen molar-refractivity contribution >= 4 is 18.3 Å². The first-order valence-corrected chi connectivity index (χ1v) is 6.61. The Morgan fingerprint density at radius 1 is 1.30 bits per heavy atom. The van der Waals surface area contributed by atoms with Crippen molar-refractivity contribution in [3.8, 4) is 0 Å². The molecule has 20 heavy (non-hydrogen) atoms. The number of alkyl halides is 3. The first-order valence-electron chi connectivity index (χ1n) is 6.61. The molecule has 0 atom stereocenters. The van der Waals surface area contributed by atoms with Gasteiger partial charge in [0.1, 0.15) is 6.54 Å². The summed E-state index contributed by atoms with van der Waals surface area (Å²) in [5, 5.41) is 5.00. The van der Waals surface area contributed by atoms with Crippen molar-refractivity contribution in [2.24, 2.45) is 5.92 Å². The highest BCUT2D eigenvalue weighted by Gasteiger charge is 2.28. The minimum absolute atomic E-state index is 0. The Balaban J connectivity index is 0.00000361. The van der Waals surface area contributed by atoms with E-state index in [0.717, 1.165) is 38.9 Å². The van der Waals surface area contributed by atoms with Gasteiger partial charge < -0.3 is 10.6 Å². The van der Waals surface area contributed by atoms with Crippen molar-refractivity contribution in [3.05, 3.63) is 0 Å². The first-order chi connectivity index (χ1) is 8.90. The summed E-state index contributed by atoms with van der Waals surface area (Å²) in [4.78, 5) is 13.3. The maximum absolute atomic E-state index is 11.9. The highest BCUT2D eigenvalue weighted by Crippen LogP contribution is 2.19. The first kappa shape index (κ1) is 19.5. The molecule has 1 aliphatic rings. The molecular formula is C12H23ClF3N3O. The van der Waals surface area contributed by atoms with Gasteiger partial charge in [-0.2, -0.15) is 13.2 Å². The van der Waals surface area contributed by atoms with Gasteiger partial charge in [0.25, 0.3) is 0 Å². The summed E-state index contributed by atoms with van der Waals surface area (Å²) < 4.78 is 35.8. The molecule has 1 saturated heterocycles. The highest BCUT2D eigenvalue weighted by atomic mass is 35.5. The normalized spacial score (nSPS) is 17.6. The van der Waals surface area contributed by atoms with Crippen molar-refractivity contribution in [2.45, 2.75) is 25.4 Å². The fraction of sp³-hybridized carbons (Fsp3) is 0.917. The van der Waals surface area contributed by atoms with Crippen LogP contribution in [0.3, 0.4) is 0 Å². The largest absolute Gasteiger partial charge is 0.405 e. The average molecular weight is 318 g/mol. The molecule has 1 amide bonds. The molecule has 4 nitrogen and oxygen atoms in total. The Kier molecular flexibility index (Phi) is 9.16. The summed E-state index contributed by atoms with van der Waals surface area (Å²) in [5.41, 5.74) is 0. The van der Waals surface area contributed by atoms with E-state index in [2.05, 4.69) is 5.32 Å². The number of carbonyl (C=O) groups excluding carboxylic acids is 1. The third-order valence-electron chi connectivity index (χ3n) is 3.36. The second kappa shape index (κ2) is 9.41. The smallest absolute Gasteiger partial charge is 0.346 e. The number of rotatable bonds is 6. The van der Waals surface area contributed by atoms with Gasteiger partial charge in [-0.05, 0) is 51.9 Å². The summed E-state index contributed by atoms with van der Waals surface area (Å²) in [6, 6.07) is 0. The zero-order valence-electron chi connectivity index (χ0n) is 11.6. The van der Waals surface area contributed by atoms with Crippen LogP contribution in [-0.2, 0) is 4.79 Å². The molecule has 120 valence electrons. The van der Waals surface area contributed by atoms with Gasteiger partial charge in [0, 0.05) is 0 Å². The van der Waals surface area contributed by atoms with Crippen molar-refractivity contribution in [2.75, 3.05) is 39.8 Å². The monoisotopic (exact) mass is 317 g/mol. The summed E-state index contributed by atoms with van der Waals surface area (Å²) in [5.74, 6) is 0.105. The molecule has 0 aliphatic carbocycles. The molecule has 1 rings (SSSR count). The number of nitrogens with zero attached hydrogens (tertiary/aromatic N) is 1. The van der Waals surface area contributed by atoms with Crippen molar-refractivity contribution < 1.29 is 18.0 Å². The fourth-order valence-corrected chi connectivity index (χ4v) is 2.24. The molecule has 0 aromatic heterocycles. The summed E-state index contributed by atoms with van der Waals surface area (Å²) in [6.07, 6.45) is -1.21. The standard InChI is InChI=1S/C12H22F3N3O.ClH/c1-16-5-2-10-3-6-18(7-4-10)8-11(19)17-9-12(13,14)15;/h10,16H,2-9H2,1H3,(H,17,19);1H. The van der Waals surface area contributed by atoms with Crippen LogP contribution in [0.1, 0.15) is 19.3 Å². The number of hydrogen-bond donors (Lipinski definition) is 2. The molecule has 0 aromatic carbocycles. The Morgan fingerprint density at radius 2 is 1.90 bits per heavy atom. The third kappa shape index (κ3) is 8.60. The molecular weight excluding hydrogens is 295 g/mol. The van der Waals surface area contributed by atoms with Gasteiger partial charge in [0.05, 0.1) is 6.54 Å². The van der Waals surface area contributed by atoms with E-state index in [-0.39, 0.29) is 19.0 Å². The van der Waals surface area contributed by atoms with Crippen LogP contribution in [-0.4, -0.2) is 56.8 Å². The zero-order valence-corrected chi connectivity index (χ0v) is 12.4. The molecule has 0 aromatic rings. The van der Waals surface area contributed by atoms with Crippen LogP contribution in [0.4, 0.5) is 13.2 Å². The summed E-state index contributed by atoms with van der Waals surface area (Å²) in [6.45, 7) is 1.37. The maximum atomic E-state index is 11.9. The van der Waals surface area contributed by atoms with Crippen molar-refractivity contribution in [3.63, 3.8) is 0 Å². The van der Waals surface area contributed by atoms with E-state index in [1.165, 1.54) is 0 Å². The molecule has 1 fully saturated rings. The Morgan fingerprint density at radius 3 is 2.40 bits per heavy atom. The maximum Gasteiger partial charge on any atom is 0.405 e. The van der Waals surface area contributed by atoms with E-state index >= 15 is 0 Å². The van der Waals surface area contributed by atoms with E-state index in [4.69, 9.17) is 0 Å². The Labute approximate surface area is 123 Å². The number of halogens is 4. The number of amides is 1. The van der Waals surface area contributed by atoms with Crippen LogP contribution in [0.5, 0.6) is 0 Å². The van der Waals surface area contributed by atoms with Crippen LogP contribution in [0.25, 0.3) is 0 Å². The topological polar surface area (TPSA) is 44.4 Å². The summed E-state index contributed by atoms with van der Waals surface area (Å²) >= 11 is 0. The van der Waals surface area contributed by atoms with E-state index < -0.39 is 18.6 Å². The Hall–Kier alpha value is -0.530. The fourth-order valence-electron chi connectivity index (χ4n) is 2.24. The third-order valence-corrected chi connectivity index (χ3v) is 3.36. The lowest BCUT2D eigenvalue weighted by molar-refractivity contribution is -0.139. The molecule has 0 bridgehead atoms. The van der Waals surface area contributed by atoms with Gasteiger partial charge >= 0.3 is 6.18 Å². The lowest BCUT2D eigenvalue weighted by atomic mass is 9.93. The van der Waals surface area contributed by atoms with Crippen molar-refractivity contribution in [1.82, 2.24) is 15.5 Å². The Bertz CT molecular complexity index is 282. The van der Waals surface area contributed by atoms with E-state index in [1.807, 2.05) is 17.3 Å². The van der Waals surface area contributed by atoms with Crippen molar-refractivity contribution in [1.29, 1.82) is 0 Å². The van der Waals surface area contributed by atoms with Crippen LogP contribution < -0.4 is 10.6 Å². The van der Waals surface area contributed by atoms with Crippen LogP contribution >= 0.6 is 12.4 Å². The molecule has 0 radical (unpaired) electrons. The van der Waals surface area contributed by atoms with E-state index in [1.54, 1.807) is 0 Å². The quantitative estimate of drug-likeness (QED) is 0.778. The zero-order chi connectivity index (χ0) is 14.3.